The van der Waals surface area contributed by atoms with Crippen LogP contribution < -0.4 is 5.73 Å². The Morgan fingerprint density at radius 1 is 1.53 bits per heavy atom. The minimum atomic E-state index is -1.74. The van der Waals surface area contributed by atoms with Gasteiger partial charge in [-0.15, -0.1) is 0 Å². The number of nitro groups is 1. The monoisotopic (exact) mass is 216 g/mol. The van der Waals surface area contributed by atoms with Gasteiger partial charge in [0.05, 0.1) is 10.5 Å². The molecule has 0 amide bonds. The maximum Gasteiger partial charge on any atom is 0.278 e. The third kappa shape index (κ3) is 2.47. The van der Waals surface area contributed by atoms with Crippen LogP contribution in [-0.2, 0) is 0 Å². The van der Waals surface area contributed by atoms with Crippen molar-refractivity contribution < 1.29 is 13.7 Å². The van der Waals surface area contributed by atoms with Crippen LogP contribution in [0.15, 0.2) is 18.2 Å². The second-order valence-electron chi connectivity index (χ2n) is 2.97. The zero-order valence-electron chi connectivity index (χ0n) is 7.82. The number of nitrogens with two attached hydrogens (primary N) is 1. The summed E-state index contributed by atoms with van der Waals surface area (Å²) in [4.78, 5) is 9.72. The highest BCUT2D eigenvalue weighted by molar-refractivity contribution is 5.42. The van der Waals surface area contributed by atoms with Crippen molar-refractivity contribution in [1.29, 1.82) is 0 Å². The van der Waals surface area contributed by atoms with Crippen LogP contribution in [0.3, 0.4) is 0 Å². The molecule has 1 aromatic carbocycles. The minimum absolute atomic E-state index is 0.00660. The summed E-state index contributed by atoms with van der Waals surface area (Å²) in [5, 5.41) is 10.5. The van der Waals surface area contributed by atoms with Crippen LogP contribution in [0.4, 0.5) is 14.5 Å². The van der Waals surface area contributed by atoms with Gasteiger partial charge in [0.2, 0.25) is 0 Å². The van der Waals surface area contributed by atoms with E-state index < -0.39 is 28.2 Å². The number of benzene rings is 1. The normalized spacial score (nSPS) is 12.5. The van der Waals surface area contributed by atoms with Gasteiger partial charge in [0.1, 0.15) is 12.0 Å². The summed E-state index contributed by atoms with van der Waals surface area (Å²) in [5.41, 5.74) is 4.04. The molecule has 0 aromatic heterocycles. The summed E-state index contributed by atoms with van der Waals surface area (Å²) in [6.07, 6.45) is -1.88. The van der Waals surface area contributed by atoms with Gasteiger partial charge in [-0.05, 0) is 19.0 Å². The molecule has 2 N–H and O–H groups in total. The predicted molar refractivity (Wildman–Crippen MR) is 50.6 cm³/mol. The Morgan fingerprint density at radius 3 is 2.73 bits per heavy atom. The van der Waals surface area contributed by atoms with Crippen LogP contribution in [0.1, 0.15) is 18.2 Å². The molecule has 0 heterocycles. The topological polar surface area (TPSA) is 69.2 Å². The van der Waals surface area contributed by atoms with Crippen molar-refractivity contribution in [3.05, 3.63) is 39.7 Å². The standard InChI is InChI=1S/C9H10F2N2O2/c10-6-2-1-3-8(13(14)15)9(6)7(11)4-5-12/h1-3,7H,4-5,12H2. The van der Waals surface area contributed by atoms with E-state index in [1.165, 1.54) is 6.07 Å². The maximum absolute atomic E-state index is 13.4. The summed E-state index contributed by atoms with van der Waals surface area (Å²) in [7, 11) is 0. The second-order valence-corrected chi connectivity index (χ2v) is 2.97. The third-order valence-corrected chi connectivity index (χ3v) is 1.96. The molecule has 15 heavy (non-hydrogen) atoms. The number of halogens is 2. The van der Waals surface area contributed by atoms with Crippen molar-refractivity contribution >= 4 is 5.69 Å². The summed E-state index contributed by atoms with van der Waals surface area (Å²) in [6.45, 7) is 0.00660. The number of rotatable bonds is 4. The lowest BCUT2D eigenvalue weighted by Gasteiger charge is -2.08. The molecule has 1 rings (SSSR count). The Balaban J connectivity index is 3.18. The smallest absolute Gasteiger partial charge is 0.278 e. The Bertz CT molecular complexity index is 371. The quantitative estimate of drug-likeness (QED) is 0.618. The van der Waals surface area contributed by atoms with Gasteiger partial charge in [-0.2, -0.15) is 0 Å². The third-order valence-electron chi connectivity index (χ3n) is 1.96. The second kappa shape index (κ2) is 4.79. The molecule has 6 heteroatoms. The molecule has 0 radical (unpaired) electrons. The number of nitrogens with zero attached hydrogens (tertiary/aromatic N) is 1. The van der Waals surface area contributed by atoms with Crippen molar-refractivity contribution in [2.75, 3.05) is 6.54 Å². The molecular formula is C9H10F2N2O2. The summed E-state index contributed by atoms with van der Waals surface area (Å²) in [6, 6.07) is 3.24. The zero-order valence-corrected chi connectivity index (χ0v) is 7.82. The Kier molecular flexibility index (Phi) is 3.68. The molecule has 1 unspecified atom stereocenters. The number of nitro benzene ring substituents is 1. The van der Waals surface area contributed by atoms with Crippen LogP contribution in [0.5, 0.6) is 0 Å². The van der Waals surface area contributed by atoms with Gasteiger partial charge >= 0.3 is 0 Å². The first kappa shape index (κ1) is 11.5. The zero-order chi connectivity index (χ0) is 11.4. The van der Waals surface area contributed by atoms with Crippen LogP contribution in [0.25, 0.3) is 0 Å². The molecule has 1 aromatic rings. The van der Waals surface area contributed by atoms with E-state index in [-0.39, 0.29) is 13.0 Å². The van der Waals surface area contributed by atoms with Crippen molar-refractivity contribution in [1.82, 2.24) is 0 Å². The fraction of sp³-hybridized carbons (Fsp3) is 0.333. The van der Waals surface area contributed by atoms with Crippen LogP contribution >= 0.6 is 0 Å². The summed E-state index contributed by atoms with van der Waals surface area (Å²) in [5.74, 6) is -0.912. The van der Waals surface area contributed by atoms with Crippen molar-refractivity contribution in [2.24, 2.45) is 5.73 Å². The van der Waals surface area contributed by atoms with Crippen LogP contribution in [-0.4, -0.2) is 11.5 Å². The number of hydrogen-bond acceptors (Lipinski definition) is 3. The lowest BCUT2D eigenvalue weighted by atomic mass is 10.1. The van der Waals surface area contributed by atoms with Gasteiger partial charge in [0, 0.05) is 6.07 Å². The van der Waals surface area contributed by atoms with E-state index in [1.54, 1.807) is 0 Å². The lowest BCUT2D eigenvalue weighted by molar-refractivity contribution is -0.386. The average molecular weight is 216 g/mol. The van der Waals surface area contributed by atoms with Gasteiger partial charge in [-0.1, -0.05) is 6.07 Å². The molecule has 0 spiro atoms. The molecule has 0 saturated carbocycles. The predicted octanol–water partition coefficient (Wildman–Crippen LogP) is 2.09. The van der Waals surface area contributed by atoms with E-state index in [9.17, 15) is 18.9 Å². The largest absolute Gasteiger partial charge is 0.330 e. The van der Waals surface area contributed by atoms with E-state index in [0.29, 0.717) is 0 Å². The van der Waals surface area contributed by atoms with Gasteiger partial charge in [0.25, 0.3) is 5.69 Å². The van der Waals surface area contributed by atoms with Gasteiger partial charge in [-0.3, -0.25) is 10.1 Å². The molecule has 0 fully saturated rings. The fourth-order valence-corrected chi connectivity index (χ4v) is 1.29. The summed E-state index contributed by atoms with van der Waals surface area (Å²) < 4.78 is 26.6. The first-order valence-corrected chi connectivity index (χ1v) is 4.35. The Hall–Kier alpha value is -1.56. The lowest BCUT2D eigenvalue weighted by Crippen LogP contribution is -2.07. The molecular weight excluding hydrogens is 206 g/mol. The molecule has 4 nitrogen and oxygen atoms in total. The SMILES string of the molecule is NCCC(F)c1c(F)cccc1[N+](=O)[O-]. The first-order chi connectivity index (χ1) is 7.07. The highest BCUT2D eigenvalue weighted by Crippen LogP contribution is 2.31. The van der Waals surface area contributed by atoms with E-state index in [2.05, 4.69) is 0 Å². The van der Waals surface area contributed by atoms with Crippen LogP contribution in [0.2, 0.25) is 0 Å². The number of alkyl halides is 1. The highest BCUT2D eigenvalue weighted by Gasteiger charge is 2.25. The molecule has 0 saturated heterocycles. The average Bonchev–Trinajstić information content (AvgIpc) is 2.17. The number of hydrogen-bond donors (Lipinski definition) is 1. The van der Waals surface area contributed by atoms with Gasteiger partial charge < -0.3 is 5.73 Å². The van der Waals surface area contributed by atoms with Crippen LogP contribution in [0, 0.1) is 15.9 Å². The van der Waals surface area contributed by atoms with Crippen molar-refractivity contribution in [2.45, 2.75) is 12.6 Å². The fourth-order valence-electron chi connectivity index (χ4n) is 1.29. The van der Waals surface area contributed by atoms with Crippen molar-refractivity contribution in [3.8, 4) is 0 Å². The van der Waals surface area contributed by atoms with Gasteiger partial charge in [0.15, 0.2) is 0 Å². The molecule has 0 aliphatic rings. The van der Waals surface area contributed by atoms with Crippen molar-refractivity contribution in [3.63, 3.8) is 0 Å². The van der Waals surface area contributed by atoms with E-state index in [1.807, 2.05) is 0 Å². The first-order valence-electron chi connectivity index (χ1n) is 4.35. The minimum Gasteiger partial charge on any atom is -0.330 e. The molecule has 82 valence electrons. The molecule has 0 aliphatic carbocycles. The van der Waals surface area contributed by atoms with E-state index in [4.69, 9.17) is 5.73 Å². The van der Waals surface area contributed by atoms with Gasteiger partial charge in [-0.25, -0.2) is 8.78 Å². The molecule has 0 aliphatic heterocycles. The molecule has 0 bridgehead atoms. The Labute approximate surface area is 84.9 Å². The maximum atomic E-state index is 13.4. The molecule has 1 atom stereocenters. The summed E-state index contributed by atoms with van der Waals surface area (Å²) >= 11 is 0. The highest BCUT2D eigenvalue weighted by atomic mass is 19.1. The Morgan fingerprint density at radius 2 is 2.20 bits per heavy atom. The van der Waals surface area contributed by atoms with E-state index in [0.717, 1.165) is 12.1 Å². The van der Waals surface area contributed by atoms with E-state index >= 15 is 0 Å².